The fraction of sp³-hybridized carbons (Fsp3) is 0.233. The lowest BCUT2D eigenvalue weighted by Gasteiger charge is -2.14. The molecule has 0 aliphatic heterocycles. The van der Waals surface area contributed by atoms with E-state index in [-0.39, 0.29) is 5.56 Å². The van der Waals surface area contributed by atoms with Crippen molar-refractivity contribution in [3.05, 3.63) is 93.8 Å². The Balaban J connectivity index is 1.79. The standard InChI is InChI=1S/C30H30N4O2Si/c1-20-25(8-7-16-31-20)34-26-18-22(15-17-37(4,5)6)11-14-24(26)29-28(30(34)35)32-27(33(29)2)19-21-9-12-23(36-3)13-10-21/h7-14,16,18H,19H2,1-6H3. The number of hydrogen-bond donors (Lipinski definition) is 0. The van der Waals surface area contributed by atoms with Crippen LogP contribution < -0.4 is 10.3 Å². The molecule has 0 aliphatic rings. The van der Waals surface area contributed by atoms with Gasteiger partial charge in [-0.25, -0.2) is 4.98 Å². The zero-order valence-electron chi connectivity index (χ0n) is 22.1. The first-order valence-electron chi connectivity index (χ1n) is 12.3. The maximum atomic E-state index is 14.0. The van der Waals surface area contributed by atoms with Gasteiger partial charge in [0.05, 0.1) is 29.5 Å². The summed E-state index contributed by atoms with van der Waals surface area (Å²) in [4.78, 5) is 23.4. The summed E-state index contributed by atoms with van der Waals surface area (Å²) in [5.41, 5.74) is 8.86. The first-order valence-corrected chi connectivity index (χ1v) is 15.8. The molecule has 0 aliphatic carbocycles. The molecule has 0 spiro atoms. The third kappa shape index (κ3) is 4.68. The van der Waals surface area contributed by atoms with Crippen molar-refractivity contribution in [2.24, 2.45) is 7.05 Å². The number of pyridine rings is 2. The van der Waals surface area contributed by atoms with Gasteiger partial charge in [0.2, 0.25) is 0 Å². The summed E-state index contributed by atoms with van der Waals surface area (Å²) in [7, 11) is 2.07. The average Bonchev–Trinajstić information content (AvgIpc) is 3.20. The molecule has 0 fully saturated rings. The molecule has 0 N–H and O–H groups in total. The van der Waals surface area contributed by atoms with Crippen molar-refractivity contribution in [1.29, 1.82) is 0 Å². The number of aromatic nitrogens is 4. The van der Waals surface area contributed by atoms with E-state index in [4.69, 9.17) is 9.72 Å². The number of hydrogen-bond acceptors (Lipinski definition) is 4. The third-order valence-electron chi connectivity index (χ3n) is 6.41. The minimum atomic E-state index is -1.56. The van der Waals surface area contributed by atoms with Gasteiger partial charge >= 0.3 is 0 Å². The molecule has 7 heteroatoms. The van der Waals surface area contributed by atoms with Gasteiger partial charge in [0.15, 0.2) is 5.52 Å². The van der Waals surface area contributed by atoms with E-state index in [2.05, 4.69) is 42.2 Å². The molecule has 37 heavy (non-hydrogen) atoms. The van der Waals surface area contributed by atoms with Crippen molar-refractivity contribution in [1.82, 2.24) is 19.1 Å². The second-order valence-corrected chi connectivity index (χ2v) is 15.0. The highest BCUT2D eigenvalue weighted by molar-refractivity contribution is 6.83. The molecule has 3 heterocycles. The van der Waals surface area contributed by atoms with Crippen molar-refractivity contribution < 1.29 is 4.74 Å². The number of imidazole rings is 1. The number of aryl methyl sites for hydroxylation is 2. The van der Waals surface area contributed by atoms with Gasteiger partial charge in [0.25, 0.3) is 5.56 Å². The summed E-state index contributed by atoms with van der Waals surface area (Å²) < 4.78 is 9.07. The maximum Gasteiger partial charge on any atom is 0.283 e. The summed E-state index contributed by atoms with van der Waals surface area (Å²) in [6.45, 7) is 8.58. The Hall–Kier alpha value is -4.15. The van der Waals surface area contributed by atoms with E-state index in [1.54, 1.807) is 17.9 Å². The van der Waals surface area contributed by atoms with E-state index in [0.29, 0.717) is 11.9 Å². The van der Waals surface area contributed by atoms with E-state index in [1.807, 2.05) is 67.1 Å². The summed E-state index contributed by atoms with van der Waals surface area (Å²) >= 11 is 0. The molecule has 0 saturated carbocycles. The third-order valence-corrected chi connectivity index (χ3v) is 7.29. The monoisotopic (exact) mass is 506 g/mol. The predicted octanol–water partition coefficient (Wildman–Crippen LogP) is 5.41. The van der Waals surface area contributed by atoms with Gasteiger partial charge < -0.3 is 9.30 Å². The maximum absolute atomic E-state index is 14.0. The van der Waals surface area contributed by atoms with Crippen LogP contribution in [0.25, 0.3) is 27.6 Å². The predicted molar refractivity (Wildman–Crippen MR) is 152 cm³/mol. The molecule has 5 rings (SSSR count). The number of ether oxygens (including phenoxy) is 1. The highest BCUT2D eigenvalue weighted by atomic mass is 28.3. The van der Waals surface area contributed by atoms with Gasteiger partial charge in [-0.15, -0.1) is 5.54 Å². The van der Waals surface area contributed by atoms with E-state index in [0.717, 1.165) is 50.5 Å². The Morgan fingerprint density at radius 3 is 2.49 bits per heavy atom. The Morgan fingerprint density at radius 2 is 1.81 bits per heavy atom. The van der Waals surface area contributed by atoms with Crippen molar-refractivity contribution in [2.75, 3.05) is 7.11 Å². The van der Waals surface area contributed by atoms with E-state index >= 15 is 0 Å². The van der Waals surface area contributed by atoms with Gasteiger partial charge in [-0.2, -0.15) is 0 Å². The quantitative estimate of drug-likeness (QED) is 0.242. The molecule has 186 valence electrons. The van der Waals surface area contributed by atoms with Crippen molar-refractivity contribution >= 4 is 30.0 Å². The zero-order valence-corrected chi connectivity index (χ0v) is 23.1. The van der Waals surface area contributed by atoms with Crippen molar-refractivity contribution in [3.8, 4) is 22.9 Å². The van der Waals surface area contributed by atoms with Crippen molar-refractivity contribution in [3.63, 3.8) is 0 Å². The number of methoxy groups -OCH3 is 1. The van der Waals surface area contributed by atoms with Crippen LogP contribution in [-0.4, -0.2) is 34.3 Å². The minimum absolute atomic E-state index is 0.162. The van der Waals surface area contributed by atoms with E-state index in [9.17, 15) is 4.79 Å². The van der Waals surface area contributed by atoms with Gasteiger partial charge in [-0.3, -0.25) is 14.3 Å². The summed E-state index contributed by atoms with van der Waals surface area (Å²) in [5.74, 6) is 4.98. The Labute approximate surface area is 217 Å². The normalized spacial score (nSPS) is 11.5. The molecule has 0 bridgehead atoms. The molecule has 0 atom stereocenters. The molecule has 5 aromatic rings. The molecular weight excluding hydrogens is 476 g/mol. The fourth-order valence-electron chi connectivity index (χ4n) is 4.51. The molecule has 0 saturated heterocycles. The van der Waals surface area contributed by atoms with E-state index in [1.165, 1.54) is 0 Å². The summed E-state index contributed by atoms with van der Waals surface area (Å²) in [6.07, 6.45) is 2.34. The summed E-state index contributed by atoms with van der Waals surface area (Å²) in [6, 6.07) is 17.8. The summed E-state index contributed by atoms with van der Waals surface area (Å²) in [5, 5.41) is 0.951. The number of benzene rings is 2. The molecular formula is C30H30N4O2Si. The van der Waals surface area contributed by atoms with Crippen molar-refractivity contribution in [2.45, 2.75) is 33.0 Å². The van der Waals surface area contributed by atoms with Crippen LogP contribution in [0.3, 0.4) is 0 Å². The molecule has 0 radical (unpaired) electrons. The number of nitrogens with zero attached hydrogens (tertiary/aromatic N) is 4. The minimum Gasteiger partial charge on any atom is -0.497 e. The second-order valence-electron chi connectivity index (χ2n) is 10.3. The lowest BCUT2D eigenvalue weighted by molar-refractivity contribution is 0.414. The Kier molecular flexibility index (Phi) is 6.22. The average molecular weight is 507 g/mol. The topological polar surface area (TPSA) is 61.9 Å². The van der Waals surface area contributed by atoms with Gasteiger partial charge in [-0.1, -0.05) is 37.7 Å². The van der Waals surface area contributed by atoms with Crippen LogP contribution in [0.4, 0.5) is 0 Å². The van der Waals surface area contributed by atoms with Crippen LogP contribution in [0.15, 0.2) is 65.6 Å². The molecule has 2 aromatic carbocycles. The van der Waals surface area contributed by atoms with Crippen LogP contribution in [0.1, 0.15) is 22.6 Å². The first kappa shape index (κ1) is 24.5. The van der Waals surface area contributed by atoms with Crippen LogP contribution in [0.2, 0.25) is 19.6 Å². The van der Waals surface area contributed by atoms with E-state index < -0.39 is 8.07 Å². The SMILES string of the molecule is COc1ccc(Cc2nc3c(=O)n(-c4cccnc4C)c4cc(C#C[Si](C)(C)C)ccc4c3n2C)cc1. The van der Waals surface area contributed by atoms with Crippen LogP contribution in [-0.2, 0) is 13.5 Å². The zero-order chi connectivity index (χ0) is 26.3. The second kappa shape index (κ2) is 9.38. The number of rotatable bonds is 4. The molecule has 3 aromatic heterocycles. The molecule has 6 nitrogen and oxygen atoms in total. The van der Waals surface area contributed by atoms with Crippen LogP contribution in [0, 0.1) is 18.4 Å². The largest absolute Gasteiger partial charge is 0.497 e. The van der Waals surface area contributed by atoms with Gasteiger partial charge in [0, 0.05) is 30.6 Å². The van der Waals surface area contributed by atoms with Crippen LogP contribution >= 0.6 is 0 Å². The van der Waals surface area contributed by atoms with Gasteiger partial charge in [0.1, 0.15) is 19.6 Å². The Bertz CT molecular complexity index is 1760. The first-order chi connectivity index (χ1) is 17.7. The number of fused-ring (bicyclic) bond motifs is 3. The Morgan fingerprint density at radius 1 is 1.05 bits per heavy atom. The van der Waals surface area contributed by atoms with Gasteiger partial charge in [-0.05, 0) is 55.0 Å². The fourth-order valence-corrected chi connectivity index (χ4v) is 5.03. The lowest BCUT2D eigenvalue weighted by Crippen LogP contribution is -2.21. The highest BCUT2D eigenvalue weighted by Crippen LogP contribution is 2.28. The highest BCUT2D eigenvalue weighted by Gasteiger charge is 2.20. The molecule has 0 amide bonds. The van der Waals surface area contributed by atoms with Crippen LogP contribution in [0.5, 0.6) is 5.75 Å². The smallest absolute Gasteiger partial charge is 0.283 e. The molecule has 0 unspecified atom stereocenters. The lowest BCUT2D eigenvalue weighted by atomic mass is 10.1.